The monoisotopic (exact) mass is 469 g/mol. The Morgan fingerprint density at radius 3 is 2.55 bits per heavy atom. The van der Waals surface area contributed by atoms with E-state index in [1.165, 1.54) is 11.8 Å². The number of fused-ring (bicyclic) bond motifs is 2. The van der Waals surface area contributed by atoms with Crippen LogP contribution < -0.4 is 0 Å². The van der Waals surface area contributed by atoms with Crippen molar-refractivity contribution in [3.63, 3.8) is 0 Å². The molecule has 0 saturated carbocycles. The molecule has 0 atom stereocenters. The second kappa shape index (κ2) is 8.94. The number of imidazole rings is 1. The highest BCUT2D eigenvalue weighted by Crippen LogP contribution is 2.31. The van der Waals surface area contributed by atoms with Crippen LogP contribution in [0.5, 0.6) is 0 Å². The molecule has 2 heterocycles. The van der Waals surface area contributed by atoms with Crippen molar-refractivity contribution in [2.75, 3.05) is 5.75 Å². The number of aromatic nitrogens is 4. The third kappa shape index (κ3) is 4.27. The van der Waals surface area contributed by atoms with Crippen LogP contribution in [0.15, 0.2) is 83.7 Å². The summed E-state index contributed by atoms with van der Waals surface area (Å²) < 4.78 is 0. The lowest BCUT2D eigenvalue weighted by Crippen LogP contribution is -1.98. The first kappa shape index (κ1) is 21.0. The number of benzene rings is 3. The van der Waals surface area contributed by atoms with Crippen LogP contribution in [0.1, 0.15) is 5.82 Å². The molecule has 5 rings (SSSR count). The van der Waals surface area contributed by atoms with E-state index in [-0.39, 0.29) is 17.1 Å². The van der Waals surface area contributed by atoms with E-state index in [0.717, 1.165) is 33.2 Å². The molecule has 0 saturated heterocycles. The zero-order valence-electron chi connectivity index (χ0n) is 17.2. The molecule has 0 aliphatic rings. The van der Waals surface area contributed by atoms with Crippen LogP contribution in [0.3, 0.4) is 0 Å². The van der Waals surface area contributed by atoms with Crippen LogP contribution in [-0.2, 0) is 0 Å². The fourth-order valence-corrected chi connectivity index (χ4v) is 4.39. The van der Waals surface area contributed by atoms with Gasteiger partial charge in [0.2, 0.25) is 0 Å². The minimum absolute atomic E-state index is 0.0922. The maximum atomic E-state index is 10.7. The van der Waals surface area contributed by atoms with Crippen molar-refractivity contribution in [2.24, 2.45) is 0 Å². The Labute approximate surface area is 198 Å². The Morgan fingerprint density at radius 2 is 1.76 bits per heavy atom. The molecule has 6 nitrogen and oxygen atoms in total. The Kier molecular flexibility index (Phi) is 5.69. The summed E-state index contributed by atoms with van der Waals surface area (Å²) in [6, 6.07) is 24.8. The Bertz CT molecular complexity index is 1520. The SMILES string of the molecule is N#CC(=C(O)CSc1nc(-c2ccccc2)c2cc(Cl)ccc2n1)c1nc2ccccc2[nH]1. The molecule has 0 radical (unpaired) electrons. The summed E-state index contributed by atoms with van der Waals surface area (Å²) in [6.45, 7) is 0. The molecule has 33 heavy (non-hydrogen) atoms. The van der Waals surface area contributed by atoms with E-state index in [1.807, 2.05) is 66.7 Å². The second-order valence-electron chi connectivity index (χ2n) is 7.21. The van der Waals surface area contributed by atoms with Gasteiger partial charge in [-0.2, -0.15) is 5.26 Å². The second-order valence-corrected chi connectivity index (χ2v) is 8.59. The predicted molar refractivity (Wildman–Crippen MR) is 132 cm³/mol. The van der Waals surface area contributed by atoms with Gasteiger partial charge in [0.1, 0.15) is 17.4 Å². The Morgan fingerprint density at radius 1 is 0.970 bits per heavy atom. The highest BCUT2D eigenvalue weighted by atomic mass is 35.5. The molecule has 0 unspecified atom stereocenters. The van der Waals surface area contributed by atoms with E-state index in [2.05, 4.69) is 21.0 Å². The summed E-state index contributed by atoms with van der Waals surface area (Å²) >= 11 is 7.47. The molecular formula is C25H16ClN5OS. The molecule has 0 bridgehead atoms. The number of aliphatic hydroxyl groups excluding tert-OH is 1. The number of nitrogens with zero attached hydrogens (tertiary/aromatic N) is 4. The number of allylic oxidation sites excluding steroid dienone is 1. The van der Waals surface area contributed by atoms with Gasteiger partial charge in [-0.25, -0.2) is 15.0 Å². The van der Waals surface area contributed by atoms with Gasteiger partial charge < -0.3 is 10.1 Å². The number of nitrogens with one attached hydrogen (secondary N) is 1. The van der Waals surface area contributed by atoms with Gasteiger partial charge in [-0.1, -0.05) is 65.8 Å². The van der Waals surface area contributed by atoms with Gasteiger partial charge in [-0.15, -0.1) is 0 Å². The van der Waals surface area contributed by atoms with Gasteiger partial charge in [0.05, 0.1) is 28.0 Å². The molecule has 0 amide bonds. The number of para-hydroxylation sites is 2. The molecule has 0 fully saturated rings. The highest BCUT2D eigenvalue weighted by Gasteiger charge is 2.16. The molecule has 2 N–H and O–H groups in total. The lowest BCUT2D eigenvalue weighted by atomic mass is 10.1. The van der Waals surface area contributed by atoms with Crippen molar-refractivity contribution in [1.82, 2.24) is 19.9 Å². The summed E-state index contributed by atoms with van der Waals surface area (Å²) in [6.07, 6.45) is 0. The molecule has 0 aliphatic heterocycles. The number of H-pyrrole nitrogens is 1. The largest absolute Gasteiger partial charge is 0.510 e. The minimum atomic E-state index is -0.0948. The van der Waals surface area contributed by atoms with Gasteiger partial charge in [0.15, 0.2) is 11.0 Å². The normalized spacial score (nSPS) is 12.0. The van der Waals surface area contributed by atoms with Gasteiger partial charge in [0, 0.05) is 16.0 Å². The van der Waals surface area contributed by atoms with Crippen LogP contribution in [0.4, 0.5) is 0 Å². The number of aliphatic hydroxyl groups is 1. The Hall–Kier alpha value is -3.86. The summed E-state index contributed by atoms with van der Waals surface area (Å²) in [5.41, 5.74) is 4.06. The minimum Gasteiger partial charge on any atom is -0.510 e. The number of rotatable bonds is 5. The molecule has 0 aliphatic carbocycles. The third-order valence-electron chi connectivity index (χ3n) is 5.05. The van der Waals surface area contributed by atoms with Gasteiger partial charge in [-0.3, -0.25) is 0 Å². The number of hydrogen-bond donors (Lipinski definition) is 2. The van der Waals surface area contributed by atoms with E-state index in [4.69, 9.17) is 16.6 Å². The maximum absolute atomic E-state index is 10.7. The lowest BCUT2D eigenvalue weighted by Gasteiger charge is -2.09. The zero-order valence-corrected chi connectivity index (χ0v) is 18.7. The highest BCUT2D eigenvalue weighted by molar-refractivity contribution is 7.99. The fourth-order valence-electron chi connectivity index (χ4n) is 3.49. The van der Waals surface area contributed by atoms with E-state index in [1.54, 1.807) is 6.07 Å². The van der Waals surface area contributed by atoms with Gasteiger partial charge in [0.25, 0.3) is 0 Å². The average molecular weight is 470 g/mol. The van der Waals surface area contributed by atoms with E-state index in [0.29, 0.717) is 16.0 Å². The summed E-state index contributed by atoms with van der Waals surface area (Å²) in [5, 5.41) is 22.3. The van der Waals surface area contributed by atoms with Crippen molar-refractivity contribution in [3.8, 4) is 17.3 Å². The summed E-state index contributed by atoms with van der Waals surface area (Å²) in [7, 11) is 0. The standard InChI is InChI=1S/C25H16ClN5OS/c26-16-10-11-19-17(12-16)23(15-6-2-1-3-7-15)31-25(30-19)33-14-22(32)18(13-27)24-28-20-8-4-5-9-21(20)29-24/h1-12,32H,14H2,(H,28,29). The lowest BCUT2D eigenvalue weighted by molar-refractivity contribution is 0.420. The number of thioether (sulfide) groups is 1. The van der Waals surface area contributed by atoms with Crippen LogP contribution >= 0.6 is 23.4 Å². The van der Waals surface area contributed by atoms with Gasteiger partial charge >= 0.3 is 0 Å². The third-order valence-corrected chi connectivity index (χ3v) is 6.14. The molecule has 3 aromatic carbocycles. The summed E-state index contributed by atoms with van der Waals surface area (Å²) in [5.74, 6) is 0.353. The van der Waals surface area contributed by atoms with Crippen molar-refractivity contribution in [1.29, 1.82) is 5.26 Å². The predicted octanol–water partition coefficient (Wildman–Crippen LogP) is 6.41. The number of halogens is 1. The van der Waals surface area contributed by atoms with Crippen molar-refractivity contribution >= 4 is 50.9 Å². The average Bonchev–Trinajstić information content (AvgIpc) is 3.27. The van der Waals surface area contributed by atoms with Crippen molar-refractivity contribution < 1.29 is 5.11 Å². The number of nitriles is 1. The van der Waals surface area contributed by atoms with Crippen LogP contribution in [-0.4, -0.2) is 30.8 Å². The molecular weight excluding hydrogens is 454 g/mol. The van der Waals surface area contributed by atoms with Crippen LogP contribution in [0, 0.1) is 11.3 Å². The zero-order chi connectivity index (χ0) is 22.8. The van der Waals surface area contributed by atoms with E-state index in [9.17, 15) is 10.4 Å². The van der Waals surface area contributed by atoms with E-state index >= 15 is 0 Å². The quantitative estimate of drug-likeness (QED) is 0.133. The van der Waals surface area contributed by atoms with E-state index < -0.39 is 0 Å². The molecule has 160 valence electrons. The first-order valence-electron chi connectivity index (χ1n) is 10.1. The van der Waals surface area contributed by atoms with Gasteiger partial charge in [-0.05, 0) is 30.3 Å². The van der Waals surface area contributed by atoms with Crippen molar-refractivity contribution in [3.05, 3.63) is 89.4 Å². The smallest absolute Gasteiger partial charge is 0.189 e. The Balaban J connectivity index is 1.50. The fraction of sp³-hybridized carbons (Fsp3) is 0.0400. The number of hydrogen-bond acceptors (Lipinski definition) is 6. The number of aromatic amines is 1. The topological polar surface area (TPSA) is 98.5 Å². The van der Waals surface area contributed by atoms with Crippen LogP contribution in [0.2, 0.25) is 5.02 Å². The molecule has 2 aromatic heterocycles. The molecule has 8 heteroatoms. The molecule has 0 spiro atoms. The maximum Gasteiger partial charge on any atom is 0.189 e. The van der Waals surface area contributed by atoms with Crippen LogP contribution in [0.25, 0.3) is 38.8 Å². The first-order valence-corrected chi connectivity index (χ1v) is 11.4. The summed E-state index contributed by atoms with van der Waals surface area (Å²) in [4.78, 5) is 16.8. The first-order chi connectivity index (χ1) is 16.1. The molecule has 5 aromatic rings. The van der Waals surface area contributed by atoms with Crippen molar-refractivity contribution in [2.45, 2.75) is 5.16 Å².